The van der Waals surface area contributed by atoms with Crippen LogP contribution in [0.1, 0.15) is 83.1 Å². The first-order chi connectivity index (χ1) is 16.6. The Labute approximate surface area is 209 Å². The molecule has 1 aliphatic rings. The van der Waals surface area contributed by atoms with Crippen LogP contribution in [-0.2, 0) is 20.9 Å². The maximum Gasteiger partial charge on any atom is 0.416 e. The van der Waals surface area contributed by atoms with E-state index in [9.17, 15) is 21.6 Å². The zero-order valence-electron chi connectivity index (χ0n) is 21.3. The van der Waals surface area contributed by atoms with Crippen molar-refractivity contribution in [3.8, 4) is 0 Å². The summed E-state index contributed by atoms with van der Waals surface area (Å²) in [5, 5.41) is 0. The van der Waals surface area contributed by atoms with Gasteiger partial charge in [-0.3, -0.25) is 0 Å². The molecule has 35 heavy (non-hydrogen) atoms. The van der Waals surface area contributed by atoms with Gasteiger partial charge in [-0.25, -0.2) is 13.1 Å². The van der Waals surface area contributed by atoms with Crippen molar-refractivity contribution in [2.24, 2.45) is 5.92 Å². The quantitative estimate of drug-likeness (QED) is 0.262. The molecular weight excluding hydrogens is 477 g/mol. The van der Waals surface area contributed by atoms with Gasteiger partial charge >= 0.3 is 6.18 Å². The Morgan fingerprint density at radius 1 is 0.943 bits per heavy atom. The van der Waals surface area contributed by atoms with Gasteiger partial charge in [-0.1, -0.05) is 32.6 Å². The molecule has 0 aliphatic heterocycles. The van der Waals surface area contributed by atoms with Crippen LogP contribution in [0.3, 0.4) is 0 Å². The Kier molecular flexibility index (Phi) is 13.0. The molecule has 202 valence electrons. The van der Waals surface area contributed by atoms with Crippen LogP contribution < -0.4 is 4.72 Å². The number of sulfonamides is 1. The standard InChI is InChI=1S/C26H43F3N2O3S/c1-3-4-7-18-31(2)19-8-5-6-9-20-34-24-14-10-22(11-15-24)21-30-35(32,33)25-16-12-23(13-17-25)26(27,28)29/h12-13,16-17,22,24,30H,3-11,14-15,18-21H2,1-2H3. The molecule has 0 aromatic heterocycles. The van der Waals surface area contributed by atoms with Gasteiger partial charge in [0.15, 0.2) is 0 Å². The van der Waals surface area contributed by atoms with Crippen LogP contribution in [0.5, 0.6) is 0 Å². The number of hydrogen-bond donors (Lipinski definition) is 1. The predicted molar refractivity (Wildman–Crippen MR) is 134 cm³/mol. The Hall–Kier alpha value is -1.16. The van der Waals surface area contributed by atoms with E-state index >= 15 is 0 Å². The van der Waals surface area contributed by atoms with Gasteiger partial charge < -0.3 is 9.64 Å². The smallest absolute Gasteiger partial charge is 0.378 e. The molecule has 0 spiro atoms. The summed E-state index contributed by atoms with van der Waals surface area (Å²) in [4.78, 5) is 2.28. The molecular formula is C26H43F3N2O3S. The largest absolute Gasteiger partial charge is 0.416 e. The predicted octanol–water partition coefficient (Wildman–Crippen LogP) is 6.24. The highest BCUT2D eigenvalue weighted by Gasteiger charge is 2.31. The molecule has 1 aliphatic carbocycles. The first-order valence-corrected chi connectivity index (χ1v) is 14.6. The van der Waals surface area contributed by atoms with Crippen LogP contribution in [0.25, 0.3) is 0 Å². The van der Waals surface area contributed by atoms with Crippen LogP contribution >= 0.6 is 0 Å². The molecule has 2 rings (SSSR count). The number of nitrogens with zero attached hydrogens (tertiary/aromatic N) is 1. The van der Waals surface area contributed by atoms with Crippen molar-refractivity contribution in [3.63, 3.8) is 0 Å². The second-order valence-electron chi connectivity index (χ2n) is 9.81. The van der Waals surface area contributed by atoms with Gasteiger partial charge in [-0.05, 0) is 95.3 Å². The minimum Gasteiger partial charge on any atom is -0.378 e. The zero-order chi connectivity index (χ0) is 25.7. The lowest BCUT2D eigenvalue weighted by Crippen LogP contribution is -2.32. The van der Waals surface area contributed by atoms with E-state index in [1.54, 1.807) is 0 Å². The number of unbranched alkanes of at least 4 members (excludes halogenated alkanes) is 5. The number of rotatable bonds is 16. The van der Waals surface area contributed by atoms with Crippen LogP contribution in [-0.4, -0.2) is 52.7 Å². The van der Waals surface area contributed by atoms with Gasteiger partial charge in [0.1, 0.15) is 0 Å². The van der Waals surface area contributed by atoms with Crippen molar-refractivity contribution in [2.75, 3.05) is 33.3 Å². The summed E-state index contributed by atoms with van der Waals surface area (Å²) in [6, 6.07) is 3.60. The summed E-state index contributed by atoms with van der Waals surface area (Å²) in [5.41, 5.74) is -0.861. The SMILES string of the molecule is CCCCCN(C)CCCCCCOC1CCC(CNS(=O)(=O)c2ccc(C(F)(F)F)cc2)CC1. The third kappa shape index (κ3) is 11.6. The molecule has 0 saturated heterocycles. The zero-order valence-corrected chi connectivity index (χ0v) is 22.1. The van der Waals surface area contributed by atoms with Crippen molar-refractivity contribution in [1.82, 2.24) is 9.62 Å². The molecule has 0 bridgehead atoms. The summed E-state index contributed by atoms with van der Waals surface area (Å²) in [6.07, 6.45) is 7.92. The molecule has 0 atom stereocenters. The summed E-state index contributed by atoms with van der Waals surface area (Å²) in [7, 11) is -1.62. The summed E-state index contributed by atoms with van der Waals surface area (Å²) in [6.45, 7) is 5.66. The lowest BCUT2D eigenvalue weighted by Gasteiger charge is -2.28. The van der Waals surface area contributed by atoms with Crippen LogP contribution in [0.2, 0.25) is 0 Å². The van der Waals surface area contributed by atoms with E-state index in [2.05, 4.69) is 23.6 Å². The molecule has 0 amide bonds. The number of benzene rings is 1. The highest BCUT2D eigenvalue weighted by molar-refractivity contribution is 7.89. The minimum absolute atomic E-state index is 0.148. The summed E-state index contributed by atoms with van der Waals surface area (Å²) >= 11 is 0. The van der Waals surface area contributed by atoms with Crippen molar-refractivity contribution in [2.45, 2.75) is 94.7 Å². The Bertz CT molecular complexity index is 808. The molecule has 1 aromatic rings. The van der Waals surface area contributed by atoms with Crippen LogP contribution in [0.15, 0.2) is 29.2 Å². The second kappa shape index (κ2) is 15.2. The molecule has 1 saturated carbocycles. The lowest BCUT2D eigenvalue weighted by molar-refractivity contribution is -0.137. The fraction of sp³-hybridized carbons (Fsp3) is 0.769. The van der Waals surface area contributed by atoms with Crippen LogP contribution in [0.4, 0.5) is 13.2 Å². The van der Waals surface area contributed by atoms with E-state index in [-0.39, 0.29) is 16.9 Å². The van der Waals surface area contributed by atoms with Crippen molar-refractivity contribution in [3.05, 3.63) is 29.8 Å². The van der Waals surface area contributed by atoms with Crippen molar-refractivity contribution < 1.29 is 26.3 Å². The lowest BCUT2D eigenvalue weighted by atomic mass is 9.87. The molecule has 9 heteroatoms. The summed E-state index contributed by atoms with van der Waals surface area (Å²) in [5.74, 6) is 0.216. The van der Waals surface area contributed by atoms with E-state index in [1.165, 1.54) is 45.1 Å². The average molecular weight is 521 g/mol. The average Bonchev–Trinajstić information content (AvgIpc) is 2.82. The Balaban J connectivity index is 1.55. The number of nitrogens with one attached hydrogen (secondary N) is 1. The molecule has 0 radical (unpaired) electrons. The van der Waals surface area contributed by atoms with Crippen molar-refractivity contribution >= 4 is 10.0 Å². The normalized spacial score (nSPS) is 19.4. The Morgan fingerprint density at radius 2 is 1.54 bits per heavy atom. The number of hydrogen-bond acceptors (Lipinski definition) is 4. The van der Waals surface area contributed by atoms with Gasteiger partial charge in [0, 0.05) is 13.2 Å². The van der Waals surface area contributed by atoms with E-state index in [0.717, 1.165) is 69.5 Å². The van der Waals surface area contributed by atoms with Gasteiger partial charge in [0.05, 0.1) is 16.6 Å². The molecule has 5 nitrogen and oxygen atoms in total. The summed E-state index contributed by atoms with van der Waals surface area (Å²) < 4.78 is 71.5. The molecule has 1 N–H and O–H groups in total. The first-order valence-electron chi connectivity index (χ1n) is 13.1. The maximum atomic E-state index is 12.7. The molecule has 0 heterocycles. The minimum atomic E-state index is -4.49. The highest BCUT2D eigenvalue weighted by atomic mass is 32.2. The second-order valence-corrected chi connectivity index (χ2v) is 11.6. The van der Waals surface area contributed by atoms with Gasteiger partial charge in [-0.2, -0.15) is 13.2 Å². The third-order valence-electron chi connectivity index (χ3n) is 6.78. The fourth-order valence-corrected chi connectivity index (χ4v) is 5.58. The molecule has 1 fully saturated rings. The van der Waals surface area contributed by atoms with Gasteiger partial charge in [-0.15, -0.1) is 0 Å². The topological polar surface area (TPSA) is 58.6 Å². The third-order valence-corrected chi connectivity index (χ3v) is 8.22. The van der Waals surface area contributed by atoms with E-state index < -0.39 is 21.8 Å². The van der Waals surface area contributed by atoms with Crippen LogP contribution in [0, 0.1) is 5.92 Å². The first kappa shape index (κ1) is 30.1. The maximum absolute atomic E-state index is 12.7. The number of alkyl halides is 3. The fourth-order valence-electron chi connectivity index (χ4n) is 4.47. The van der Waals surface area contributed by atoms with Gasteiger partial charge in [0.25, 0.3) is 0 Å². The molecule has 1 aromatic carbocycles. The highest BCUT2D eigenvalue weighted by Crippen LogP contribution is 2.30. The number of halogens is 3. The van der Waals surface area contributed by atoms with E-state index in [1.807, 2.05) is 0 Å². The monoisotopic (exact) mass is 520 g/mol. The molecule has 0 unspecified atom stereocenters. The van der Waals surface area contributed by atoms with E-state index in [0.29, 0.717) is 6.54 Å². The number of ether oxygens (including phenoxy) is 1. The van der Waals surface area contributed by atoms with Crippen molar-refractivity contribution in [1.29, 1.82) is 0 Å². The Morgan fingerprint density at radius 3 is 2.14 bits per heavy atom. The van der Waals surface area contributed by atoms with E-state index in [4.69, 9.17) is 4.74 Å². The van der Waals surface area contributed by atoms with Gasteiger partial charge in [0.2, 0.25) is 10.0 Å².